The summed E-state index contributed by atoms with van der Waals surface area (Å²) in [5.41, 5.74) is -0.405. The van der Waals surface area contributed by atoms with Crippen LogP contribution < -0.4 is 0 Å². The van der Waals surface area contributed by atoms with E-state index in [4.69, 9.17) is 16.3 Å². The Morgan fingerprint density at radius 3 is 2.73 bits per heavy atom. The zero-order valence-corrected chi connectivity index (χ0v) is 14.1. The van der Waals surface area contributed by atoms with Crippen molar-refractivity contribution in [2.24, 2.45) is 0 Å². The van der Waals surface area contributed by atoms with E-state index in [-0.39, 0.29) is 11.8 Å². The van der Waals surface area contributed by atoms with Crippen LogP contribution in [0.3, 0.4) is 0 Å². The summed E-state index contributed by atoms with van der Waals surface area (Å²) < 4.78 is 5.99. The van der Waals surface area contributed by atoms with Gasteiger partial charge in [0.1, 0.15) is 4.88 Å². The molecule has 0 bridgehead atoms. The summed E-state index contributed by atoms with van der Waals surface area (Å²) in [5, 5.41) is 2.34. The van der Waals surface area contributed by atoms with Gasteiger partial charge in [-0.15, -0.1) is 11.3 Å². The second-order valence-electron chi connectivity index (χ2n) is 5.91. The van der Waals surface area contributed by atoms with E-state index in [9.17, 15) is 9.59 Å². The van der Waals surface area contributed by atoms with E-state index >= 15 is 0 Å². The summed E-state index contributed by atoms with van der Waals surface area (Å²) >= 11 is 7.41. The van der Waals surface area contributed by atoms with E-state index in [1.54, 1.807) is 11.0 Å². The number of halogens is 1. The number of likely N-dealkylation sites (N-methyl/N-ethyl adjacent to an activating group) is 1. The SMILES string of the molecule is CN1CCOC2(CCN(C(=O)c3sccc3Cl)CC2)CC1=O. The first-order chi connectivity index (χ1) is 10.5. The van der Waals surface area contributed by atoms with Gasteiger partial charge in [-0.2, -0.15) is 0 Å². The Morgan fingerprint density at radius 2 is 2.09 bits per heavy atom. The number of thiophene rings is 1. The molecule has 2 saturated heterocycles. The van der Waals surface area contributed by atoms with Crippen LogP contribution in [0.5, 0.6) is 0 Å². The van der Waals surface area contributed by atoms with Gasteiger partial charge in [-0.3, -0.25) is 9.59 Å². The molecule has 1 aromatic heterocycles. The molecule has 3 heterocycles. The van der Waals surface area contributed by atoms with Gasteiger partial charge >= 0.3 is 0 Å². The molecule has 2 amide bonds. The van der Waals surface area contributed by atoms with Crippen LogP contribution in [0.25, 0.3) is 0 Å². The molecular weight excluding hydrogens is 324 g/mol. The maximum Gasteiger partial charge on any atom is 0.265 e. The molecule has 0 unspecified atom stereocenters. The second-order valence-corrected chi connectivity index (χ2v) is 7.24. The van der Waals surface area contributed by atoms with Crippen molar-refractivity contribution in [1.82, 2.24) is 9.80 Å². The van der Waals surface area contributed by atoms with Crippen LogP contribution in [-0.4, -0.2) is 60.5 Å². The van der Waals surface area contributed by atoms with Crippen molar-refractivity contribution in [3.63, 3.8) is 0 Å². The molecule has 2 aliphatic heterocycles. The lowest BCUT2D eigenvalue weighted by Crippen LogP contribution is -2.48. The highest BCUT2D eigenvalue weighted by Crippen LogP contribution is 2.33. The average Bonchev–Trinajstić information content (AvgIpc) is 2.87. The van der Waals surface area contributed by atoms with Crippen LogP contribution in [0.2, 0.25) is 5.02 Å². The first-order valence-electron chi connectivity index (χ1n) is 7.41. The van der Waals surface area contributed by atoms with E-state index in [0.29, 0.717) is 55.4 Å². The molecule has 5 nitrogen and oxygen atoms in total. The lowest BCUT2D eigenvalue weighted by Gasteiger charge is -2.40. The van der Waals surface area contributed by atoms with Crippen molar-refractivity contribution in [2.45, 2.75) is 24.9 Å². The Balaban J connectivity index is 1.66. The second kappa shape index (κ2) is 6.18. The fourth-order valence-corrected chi connectivity index (χ4v) is 4.12. The molecule has 0 aromatic carbocycles. The van der Waals surface area contributed by atoms with E-state index in [1.165, 1.54) is 11.3 Å². The average molecular weight is 343 g/mol. The number of carbonyl (C=O) groups is 2. The van der Waals surface area contributed by atoms with Crippen molar-refractivity contribution in [3.8, 4) is 0 Å². The minimum atomic E-state index is -0.405. The highest BCUT2D eigenvalue weighted by molar-refractivity contribution is 7.12. The third-order valence-electron chi connectivity index (χ3n) is 4.51. The van der Waals surface area contributed by atoms with Crippen LogP contribution >= 0.6 is 22.9 Å². The van der Waals surface area contributed by atoms with E-state index in [2.05, 4.69) is 0 Å². The number of nitrogens with zero attached hydrogens (tertiary/aromatic N) is 2. The number of piperidine rings is 1. The molecule has 3 rings (SSSR count). The molecule has 120 valence electrons. The summed E-state index contributed by atoms with van der Waals surface area (Å²) in [6.45, 7) is 2.40. The van der Waals surface area contributed by atoms with Gasteiger partial charge in [0, 0.05) is 26.7 Å². The highest BCUT2D eigenvalue weighted by Gasteiger charge is 2.41. The van der Waals surface area contributed by atoms with Crippen molar-refractivity contribution in [3.05, 3.63) is 21.3 Å². The minimum Gasteiger partial charge on any atom is -0.372 e. The summed E-state index contributed by atoms with van der Waals surface area (Å²) in [5.74, 6) is 0.102. The lowest BCUT2D eigenvalue weighted by atomic mass is 9.87. The number of hydrogen-bond donors (Lipinski definition) is 0. The van der Waals surface area contributed by atoms with Gasteiger partial charge in [0.25, 0.3) is 5.91 Å². The van der Waals surface area contributed by atoms with Crippen LogP contribution in [-0.2, 0) is 9.53 Å². The Labute approximate surface area is 138 Å². The number of carbonyl (C=O) groups excluding carboxylic acids is 2. The summed E-state index contributed by atoms with van der Waals surface area (Å²) in [6.07, 6.45) is 1.80. The van der Waals surface area contributed by atoms with Crippen LogP contribution in [0.15, 0.2) is 11.4 Å². The Bertz CT molecular complexity index is 581. The molecule has 0 saturated carbocycles. The highest BCUT2D eigenvalue weighted by atomic mass is 35.5. The quantitative estimate of drug-likeness (QED) is 0.786. The molecular formula is C15H19ClN2O3S. The predicted molar refractivity (Wildman–Crippen MR) is 85.4 cm³/mol. The van der Waals surface area contributed by atoms with Crippen LogP contribution in [0, 0.1) is 0 Å². The van der Waals surface area contributed by atoms with Crippen LogP contribution in [0.4, 0.5) is 0 Å². The monoisotopic (exact) mass is 342 g/mol. The molecule has 7 heteroatoms. The molecule has 2 aliphatic rings. The van der Waals surface area contributed by atoms with E-state index in [0.717, 1.165) is 0 Å². The van der Waals surface area contributed by atoms with E-state index in [1.807, 2.05) is 17.3 Å². The van der Waals surface area contributed by atoms with Gasteiger partial charge < -0.3 is 14.5 Å². The van der Waals surface area contributed by atoms with Crippen molar-refractivity contribution >= 4 is 34.8 Å². The maximum atomic E-state index is 12.5. The third-order valence-corrected chi connectivity index (χ3v) is 5.84. The molecule has 1 spiro atoms. The number of ether oxygens (including phenoxy) is 1. The van der Waals surface area contributed by atoms with Gasteiger partial charge in [0.2, 0.25) is 5.91 Å². The zero-order valence-electron chi connectivity index (χ0n) is 12.5. The molecule has 0 aliphatic carbocycles. The molecule has 0 radical (unpaired) electrons. The standard InChI is InChI=1S/C15H19ClN2O3S/c1-17-7-8-21-15(10-12(17)19)3-5-18(6-4-15)14(20)13-11(16)2-9-22-13/h2,9H,3-8,10H2,1H3. The van der Waals surface area contributed by atoms with Gasteiger partial charge in [-0.05, 0) is 24.3 Å². The molecule has 1 aromatic rings. The third kappa shape index (κ3) is 3.00. The first kappa shape index (κ1) is 15.8. The zero-order chi connectivity index (χ0) is 15.7. The fourth-order valence-electron chi connectivity index (χ4n) is 3.01. The maximum absolute atomic E-state index is 12.5. The number of hydrogen-bond acceptors (Lipinski definition) is 4. The Hall–Kier alpha value is -1.11. The number of rotatable bonds is 1. The first-order valence-corrected chi connectivity index (χ1v) is 8.67. The molecule has 0 atom stereocenters. The van der Waals surface area contributed by atoms with Crippen LogP contribution in [0.1, 0.15) is 28.9 Å². The van der Waals surface area contributed by atoms with Gasteiger partial charge in [-0.25, -0.2) is 0 Å². The molecule has 0 N–H and O–H groups in total. The lowest BCUT2D eigenvalue weighted by molar-refractivity contribution is -0.134. The fraction of sp³-hybridized carbons (Fsp3) is 0.600. The van der Waals surface area contributed by atoms with Gasteiger partial charge in [0.15, 0.2) is 0 Å². The normalized spacial score (nSPS) is 22.0. The number of likely N-dealkylation sites (tertiary alicyclic amines) is 1. The summed E-state index contributed by atoms with van der Waals surface area (Å²) in [6, 6.07) is 1.74. The number of amides is 2. The van der Waals surface area contributed by atoms with Crippen molar-refractivity contribution in [2.75, 3.05) is 33.3 Å². The van der Waals surface area contributed by atoms with Crippen molar-refractivity contribution in [1.29, 1.82) is 0 Å². The molecule has 2 fully saturated rings. The topological polar surface area (TPSA) is 49.9 Å². The Morgan fingerprint density at radius 1 is 1.36 bits per heavy atom. The minimum absolute atomic E-state index is 0.0214. The van der Waals surface area contributed by atoms with Gasteiger partial charge in [0.05, 0.1) is 23.7 Å². The Kier molecular flexibility index (Phi) is 4.43. The predicted octanol–water partition coefficient (Wildman–Crippen LogP) is 2.25. The summed E-state index contributed by atoms with van der Waals surface area (Å²) in [7, 11) is 1.81. The smallest absolute Gasteiger partial charge is 0.265 e. The van der Waals surface area contributed by atoms with E-state index < -0.39 is 5.60 Å². The molecule has 22 heavy (non-hydrogen) atoms. The summed E-state index contributed by atoms with van der Waals surface area (Å²) in [4.78, 5) is 28.7. The largest absolute Gasteiger partial charge is 0.372 e. The van der Waals surface area contributed by atoms with Gasteiger partial charge in [-0.1, -0.05) is 11.6 Å². The van der Waals surface area contributed by atoms with Crippen molar-refractivity contribution < 1.29 is 14.3 Å².